The van der Waals surface area contributed by atoms with Crippen LogP contribution in [-0.4, -0.2) is 35.6 Å². The van der Waals surface area contributed by atoms with Gasteiger partial charge in [-0.1, -0.05) is 6.92 Å². The standard InChI is InChI=1S/C11H19NO2/c1-8(10-2-3-10)5-12-6-9(7-13)4-11(12)14/h8-10,13H,2-7H2,1H3. The summed E-state index contributed by atoms with van der Waals surface area (Å²) in [4.78, 5) is 13.5. The molecular formula is C11H19NO2. The molecule has 2 rings (SSSR count). The summed E-state index contributed by atoms with van der Waals surface area (Å²) in [6, 6.07) is 0. The fourth-order valence-electron chi connectivity index (χ4n) is 2.31. The van der Waals surface area contributed by atoms with Crippen LogP contribution in [0.25, 0.3) is 0 Å². The average Bonchev–Trinajstić information content (AvgIpc) is 2.94. The van der Waals surface area contributed by atoms with Gasteiger partial charge in [0.1, 0.15) is 0 Å². The van der Waals surface area contributed by atoms with E-state index < -0.39 is 0 Å². The molecule has 1 N–H and O–H groups in total. The topological polar surface area (TPSA) is 40.5 Å². The number of aliphatic hydroxyl groups is 1. The first-order valence-corrected chi connectivity index (χ1v) is 5.59. The molecule has 0 spiro atoms. The second-order valence-corrected chi connectivity index (χ2v) is 4.87. The molecule has 0 radical (unpaired) electrons. The van der Waals surface area contributed by atoms with Crippen LogP contribution in [0.5, 0.6) is 0 Å². The molecule has 3 nitrogen and oxygen atoms in total. The maximum Gasteiger partial charge on any atom is 0.223 e. The molecule has 2 atom stereocenters. The van der Waals surface area contributed by atoms with Gasteiger partial charge in [0.15, 0.2) is 0 Å². The molecule has 80 valence electrons. The molecule has 0 aromatic carbocycles. The van der Waals surface area contributed by atoms with Crippen LogP contribution >= 0.6 is 0 Å². The van der Waals surface area contributed by atoms with E-state index in [4.69, 9.17) is 5.11 Å². The van der Waals surface area contributed by atoms with Crippen molar-refractivity contribution in [2.24, 2.45) is 17.8 Å². The van der Waals surface area contributed by atoms with Gasteiger partial charge in [-0.3, -0.25) is 4.79 Å². The molecule has 2 aliphatic rings. The van der Waals surface area contributed by atoms with Gasteiger partial charge in [-0.25, -0.2) is 0 Å². The third-order valence-electron chi connectivity index (χ3n) is 3.49. The van der Waals surface area contributed by atoms with Crippen molar-refractivity contribution in [1.82, 2.24) is 4.90 Å². The van der Waals surface area contributed by atoms with Gasteiger partial charge < -0.3 is 10.0 Å². The van der Waals surface area contributed by atoms with Gasteiger partial charge >= 0.3 is 0 Å². The van der Waals surface area contributed by atoms with Gasteiger partial charge in [0.2, 0.25) is 5.91 Å². The number of hydrogen-bond donors (Lipinski definition) is 1. The Morgan fingerprint density at radius 3 is 2.79 bits per heavy atom. The predicted molar refractivity (Wildman–Crippen MR) is 53.7 cm³/mol. The maximum atomic E-state index is 11.5. The molecule has 14 heavy (non-hydrogen) atoms. The highest BCUT2D eigenvalue weighted by Gasteiger charge is 2.34. The Morgan fingerprint density at radius 2 is 2.29 bits per heavy atom. The zero-order valence-electron chi connectivity index (χ0n) is 8.78. The van der Waals surface area contributed by atoms with Crippen LogP contribution in [0.4, 0.5) is 0 Å². The molecule has 3 heteroatoms. The van der Waals surface area contributed by atoms with Crippen molar-refractivity contribution in [2.75, 3.05) is 19.7 Å². The highest BCUT2D eigenvalue weighted by atomic mass is 16.3. The molecule has 0 bridgehead atoms. The third kappa shape index (κ3) is 2.08. The van der Waals surface area contributed by atoms with E-state index >= 15 is 0 Å². The number of aliphatic hydroxyl groups excluding tert-OH is 1. The minimum atomic E-state index is 0.153. The van der Waals surface area contributed by atoms with E-state index in [2.05, 4.69) is 6.92 Å². The summed E-state index contributed by atoms with van der Waals surface area (Å²) in [5.74, 6) is 1.93. The quantitative estimate of drug-likeness (QED) is 0.726. The maximum absolute atomic E-state index is 11.5. The smallest absolute Gasteiger partial charge is 0.223 e. The second kappa shape index (κ2) is 3.89. The molecule has 0 aromatic heterocycles. The molecule has 1 aliphatic heterocycles. The van der Waals surface area contributed by atoms with Crippen LogP contribution in [-0.2, 0) is 4.79 Å². The Labute approximate surface area is 85.1 Å². The molecule has 1 saturated heterocycles. The fraction of sp³-hybridized carbons (Fsp3) is 0.909. The molecule has 1 heterocycles. The van der Waals surface area contributed by atoms with E-state index in [1.165, 1.54) is 12.8 Å². The van der Waals surface area contributed by atoms with Crippen LogP contribution in [0.3, 0.4) is 0 Å². The number of hydrogen-bond acceptors (Lipinski definition) is 2. The van der Waals surface area contributed by atoms with E-state index in [0.717, 1.165) is 19.0 Å². The second-order valence-electron chi connectivity index (χ2n) is 4.87. The first kappa shape index (κ1) is 9.97. The summed E-state index contributed by atoms with van der Waals surface area (Å²) in [5.41, 5.74) is 0. The zero-order valence-corrected chi connectivity index (χ0v) is 8.78. The van der Waals surface area contributed by atoms with Crippen LogP contribution in [0, 0.1) is 17.8 Å². The van der Waals surface area contributed by atoms with Crippen LogP contribution in [0.2, 0.25) is 0 Å². The van der Waals surface area contributed by atoms with Gasteiger partial charge in [0.05, 0.1) is 0 Å². The van der Waals surface area contributed by atoms with E-state index in [1.54, 1.807) is 0 Å². The highest BCUT2D eigenvalue weighted by Crippen LogP contribution is 2.37. The lowest BCUT2D eigenvalue weighted by Gasteiger charge is -2.20. The Kier molecular flexibility index (Phi) is 2.77. The lowest BCUT2D eigenvalue weighted by molar-refractivity contribution is -0.128. The van der Waals surface area contributed by atoms with E-state index in [9.17, 15) is 4.79 Å². The van der Waals surface area contributed by atoms with Gasteiger partial charge in [-0.15, -0.1) is 0 Å². The normalized spacial score (nSPS) is 29.7. The first-order chi connectivity index (χ1) is 6.70. The largest absolute Gasteiger partial charge is 0.396 e. The van der Waals surface area contributed by atoms with E-state index in [1.807, 2.05) is 4.90 Å². The summed E-state index contributed by atoms with van der Waals surface area (Å²) in [5, 5.41) is 8.98. The van der Waals surface area contributed by atoms with Crippen molar-refractivity contribution in [3.8, 4) is 0 Å². The van der Waals surface area contributed by atoms with E-state index in [0.29, 0.717) is 12.3 Å². The molecule has 1 amide bonds. The minimum Gasteiger partial charge on any atom is -0.396 e. The Bertz CT molecular complexity index is 225. The number of carbonyl (C=O) groups is 1. The highest BCUT2D eigenvalue weighted by molar-refractivity contribution is 5.78. The van der Waals surface area contributed by atoms with Crippen LogP contribution < -0.4 is 0 Å². The van der Waals surface area contributed by atoms with Gasteiger partial charge in [0.25, 0.3) is 0 Å². The third-order valence-corrected chi connectivity index (χ3v) is 3.49. The lowest BCUT2D eigenvalue weighted by Crippen LogP contribution is -2.31. The van der Waals surface area contributed by atoms with Gasteiger partial charge in [-0.05, 0) is 24.7 Å². The van der Waals surface area contributed by atoms with Gasteiger partial charge in [0, 0.05) is 32.0 Å². The summed E-state index contributed by atoms with van der Waals surface area (Å²) in [6.07, 6.45) is 3.23. The van der Waals surface area contributed by atoms with E-state index in [-0.39, 0.29) is 18.4 Å². The summed E-state index contributed by atoms with van der Waals surface area (Å²) in [6.45, 7) is 4.06. The van der Waals surface area contributed by atoms with Crippen molar-refractivity contribution >= 4 is 5.91 Å². The van der Waals surface area contributed by atoms with Crippen molar-refractivity contribution in [1.29, 1.82) is 0 Å². The monoisotopic (exact) mass is 197 g/mol. The summed E-state index contributed by atoms with van der Waals surface area (Å²) < 4.78 is 0. The van der Waals surface area contributed by atoms with Gasteiger partial charge in [-0.2, -0.15) is 0 Å². The Balaban J connectivity index is 1.82. The van der Waals surface area contributed by atoms with Crippen LogP contribution in [0.15, 0.2) is 0 Å². The number of nitrogens with zero attached hydrogens (tertiary/aromatic N) is 1. The predicted octanol–water partition coefficient (Wildman–Crippen LogP) is 0.873. The summed E-state index contributed by atoms with van der Waals surface area (Å²) >= 11 is 0. The number of likely N-dealkylation sites (tertiary alicyclic amines) is 1. The zero-order chi connectivity index (χ0) is 10.1. The number of rotatable bonds is 4. The van der Waals surface area contributed by atoms with Crippen molar-refractivity contribution in [3.05, 3.63) is 0 Å². The fourth-order valence-corrected chi connectivity index (χ4v) is 2.31. The molecule has 1 aliphatic carbocycles. The van der Waals surface area contributed by atoms with Crippen molar-refractivity contribution in [2.45, 2.75) is 26.2 Å². The van der Waals surface area contributed by atoms with Crippen molar-refractivity contribution < 1.29 is 9.90 Å². The van der Waals surface area contributed by atoms with Crippen molar-refractivity contribution in [3.63, 3.8) is 0 Å². The molecule has 2 fully saturated rings. The molecular weight excluding hydrogens is 178 g/mol. The number of carbonyl (C=O) groups excluding carboxylic acids is 1. The molecule has 0 aromatic rings. The van der Waals surface area contributed by atoms with Crippen LogP contribution in [0.1, 0.15) is 26.2 Å². The lowest BCUT2D eigenvalue weighted by atomic mass is 10.1. The minimum absolute atomic E-state index is 0.153. The Morgan fingerprint density at radius 1 is 1.57 bits per heavy atom. The number of amides is 1. The summed E-state index contributed by atoms with van der Waals surface area (Å²) in [7, 11) is 0. The first-order valence-electron chi connectivity index (χ1n) is 5.59. The average molecular weight is 197 g/mol. The molecule has 2 unspecified atom stereocenters. The Hall–Kier alpha value is -0.570. The SMILES string of the molecule is CC(CN1CC(CO)CC1=O)C1CC1. The molecule has 1 saturated carbocycles.